The quantitative estimate of drug-likeness (QED) is 0.874. The minimum absolute atomic E-state index is 0.0288. The lowest BCUT2D eigenvalue weighted by Crippen LogP contribution is -2.10. The molecule has 0 amide bonds. The lowest BCUT2D eigenvalue weighted by molar-refractivity contribution is 0.0691. The number of carboxylic acids is 1. The topological polar surface area (TPSA) is 75.1 Å². The number of halogens is 2. The maximum atomic E-state index is 11.4. The molecule has 21 heavy (non-hydrogen) atoms. The number of carboxylic acid groups (broad SMARTS) is 1. The molecule has 0 aliphatic rings. The molecule has 1 aromatic carbocycles. The summed E-state index contributed by atoms with van der Waals surface area (Å²) in [6.07, 6.45) is 1.42. The summed E-state index contributed by atoms with van der Waals surface area (Å²) in [5.74, 6) is -0.658. The minimum atomic E-state index is -1.15. The SMILES string of the molecule is CC(C)c1ncc(Nc2c(Cl)cccc2Cl)c(C(=O)O)n1. The van der Waals surface area contributed by atoms with Crippen LogP contribution in [-0.4, -0.2) is 21.0 Å². The van der Waals surface area contributed by atoms with E-state index in [0.717, 1.165) is 0 Å². The molecule has 2 rings (SSSR count). The monoisotopic (exact) mass is 325 g/mol. The van der Waals surface area contributed by atoms with Gasteiger partial charge in [-0.05, 0) is 12.1 Å². The van der Waals surface area contributed by atoms with Gasteiger partial charge in [-0.2, -0.15) is 0 Å². The van der Waals surface area contributed by atoms with Gasteiger partial charge < -0.3 is 10.4 Å². The van der Waals surface area contributed by atoms with Crippen LogP contribution in [-0.2, 0) is 0 Å². The molecule has 1 heterocycles. The Kier molecular flexibility index (Phi) is 4.65. The molecule has 2 N–H and O–H groups in total. The Morgan fingerprint density at radius 1 is 1.29 bits per heavy atom. The van der Waals surface area contributed by atoms with Crippen LogP contribution in [0.4, 0.5) is 11.4 Å². The fraction of sp³-hybridized carbons (Fsp3) is 0.214. The molecule has 0 bridgehead atoms. The van der Waals surface area contributed by atoms with Gasteiger partial charge in [0.05, 0.1) is 27.6 Å². The van der Waals surface area contributed by atoms with E-state index in [1.807, 2.05) is 13.8 Å². The molecule has 110 valence electrons. The van der Waals surface area contributed by atoms with Gasteiger partial charge in [-0.15, -0.1) is 0 Å². The van der Waals surface area contributed by atoms with Crippen molar-refractivity contribution in [1.29, 1.82) is 0 Å². The Morgan fingerprint density at radius 2 is 1.90 bits per heavy atom. The van der Waals surface area contributed by atoms with Gasteiger partial charge in [0, 0.05) is 5.92 Å². The first kappa shape index (κ1) is 15.5. The number of nitrogens with one attached hydrogen (secondary N) is 1. The average molecular weight is 326 g/mol. The molecule has 5 nitrogen and oxygen atoms in total. The van der Waals surface area contributed by atoms with Crippen LogP contribution in [0.1, 0.15) is 36.1 Å². The van der Waals surface area contributed by atoms with Crippen molar-refractivity contribution >= 4 is 40.5 Å². The molecule has 0 aliphatic carbocycles. The van der Waals surface area contributed by atoms with Crippen molar-refractivity contribution in [3.63, 3.8) is 0 Å². The van der Waals surface area contributed by atoms with Gasteiger partial charge in [0.25, 0.3) is 0 Å². The first-order valence-corrected chi connectivity index (χ1v) is 6.97. The Labute approximate surface area is 131 Å². The van der Waals surface area contributed by atoms with Gasteiger partial charge in [-0.25, -0.2) is 14.8 Å². The third kappa shape index (κ3) is 3.43. The van der Waals surface area contributed by atoms with E-state index in [1.54, 1.807) is 18.2 Å². The van der Waals surface area contributed by atoms with Crippen LogP contribution in [0.2, 0.25) is 10.0 Å². The van der Waals surface area contributed by atoms with Crippen molar-refractivity contribution < 1.29 is 9.90 Å². The van der Waals surface area contributed by atoms with Crippen LogP contribution in [0.5, 0.6) is 0 Å². The standard InChI is InChI=1S/C14H13Cl2N3O2/c1-7(2)13-17-6-10(12(19-13)14(20)21)18-11-8(15)4-3-5-9(11)16/h3-7,18H,1-2H3,(H,20,21). The number of rotatable bonds is 4. The number of aromatic carboxylic acids is 1. The van der Waals surface area contributed by atoms with E-state index in [1.165, 1.54) is 6.20 Å². The Hall–Kier alpha value is -1.85. The van der Waals surface area contributed by atoms with E-state index in [-0.39, 0.29) is 17.3 Å². The Bertz CT molecular complexity index is 670. The third-order valence-corrected chi connectivity index (χ3v) is 3.38. The van der Waals surface area contributed by atoms with E-state index in [0.29, 0.717) is 21.6 Å². The fourth-order valence-corrected chi connectivity index (χ4v) is 2.17. The molecule has 0 aliphatic heterocycles. The maximum absolute atomic E-state index is 11.4. The minimum Gasteiger partial charge on any atom is -0.476 e. The highest BCUT2D eigenvalue weighted by atomic mass is 35.5. The molecular weight excluding hydrogens is 313 g/mol. The molecule has 1 aromatic heterocycles. The highest BCUT2D eigenvalue weighted by Crippen LogP contribution is 2.33. The van der Waals surface area contributed by atoms with Crippen LogP contribution in [0.15, 0.2) is 24.4 Å². The predicted molar refractivity (Wildman–Crippen MR) is 82.8 cm³/mol. The van der Waals surface area contributed by atoms with Gasteiger partial charge in [0.2, 0.25) is 0 Å². The zero-order valence-corrected chi connectivity index (χ0v) is 12.9. The molecular formula is C14H13Cl2N3O2. The van der Waals surface area contributed by atoms with E-state index in [9.17, 15) is 9.90 Å². The molecule has 0 saturated heterocycles. The molecule has 0 fully saturated rings. The number of hydrogen-bond donors (Lipinski definition) is 2. The Morgan fingerprint density at radius 3 is 2.43 bits per heavy atom. The van der Waals surface area contributed by atoms with Crippen molar-refractivity contribution in [3.05, 3.63) is 46.0 Å². The van der Waals surface area contributed by atoms with Crippen molar-refractivity contribution in [2.45, 2.75) is 19.8 Å². The summed E-state index contributed by atoms with van der Waals surface area (Å²) in [4.78, 5) is 19.6. The number of carbonyl (C=O) groups is 1. The molecule has 0 atom stereocenters. The first-order valence-electron chi connectivity index (χ1n) is 6.21. The molecule has 0 spiro atoms. The lowest BCUT2D eigenvalue weighted by Gasteiger charge is -2.13. The first-order chi connectivity index (χ1) is 9.90. The van der Waals surface area contributed by atoms with Crippen LogP contribution in [0, 0.1) is 0 Å². The van der Waals surface area contributed by atoms with Crippen molar-refractivity contribution in [1.82, 2.24) is 9.97 Å². The van der Waals surface area contributed by atoms with Gasteiger partial charge in [-0.1, -0.05) is 43.1 Å². The summed E-state index contributed by atoms with van der Waals surface area (Å²) in [6.45, 7) is 3.78. The zero-order valence-electron chi connectivity index (χ0n) is 11.4. The number of hydrogen-bond acceptors (Lipinski definition) is 4. The lowest BCUT2D eigenvalue weighted by atomic mass is 10.2. The third-order valence-electron chi connectivity index (χ3n) is 2.75. The number of nitrogens with zero attached hydrogens (tertiary/aromatic N) is 2. The largest absolute Gasteiger partial charge is 0.476 e. The zero-order chi connectivity index (χ0) is 15.6. The van der Waals surface area contributed by atoms with Crippen molar-refractivity contribution in [2.75, 3.05) is 5.32 Å². The van der Waals surface area contributed by atoms with Crippen LogP contribution in [0.25, 0.3) is 0 Å². The van der Waals surface area contributed by atoms with Crippen molar-refractivity contribution in [3.8, 4) is 0 Å². The molecule has 0 unspecified atom stereocenters. The van der Waals surface area contributed by atoms with Crippen LogP contribution < -0.4 is 5.32 Å². The highest BCUT2D eigenvalue weighted by molar-refractivity contribution is 6.39. The van der Waals surface area contributed by atoms with Crippen LogP contribution in [0.3, 0.4) is 0 Å². The second-order valence-corrected chi connectivity index (χ2v) is 5.49. The molecule has 7 heteroatoms. The van der Waals surface area contributed by atoms with E-state index < -0.39 is 5.97 Å². The molecule has 2 aromatic rings. The number of benzene rings is 1. The van der Waals surface area contributed by atoms with Gasteiger partial charge in [0.15, 0.2) is 5.69 Å². The maximum Gasteiger partial charge on any atom is 0.356 e. The smallest absolute Gasteiger partial charge is 0.356 e. The molecule has 0 radical (unpaired) electrons. The van der Waals surface area contributed by atoms with E-state index >= 15 is 0 Å². The van der Waals surface area contributed by atoms with E-state index in [2.05, 4.69) is 15.3 Å². The van der Waals surface area contributed by atoms with Crippen LogP contribution >= 0.6 is 23.2 Å². The van der Waals surface area contributed by atoms with Gasteiger partial charge in [0.1, 0.15) is 5.82 Å². The number of anilines is 2. The highest BCUT2D eigenvalue weighted by Gasteiger charge is 2.17. The summed E-state index contributed by atoms with van der Waals surface area (Å²) in [5.41, 5.74) is 0.538. The summed E-state index contributed by atoms with van der Waals surface area (Å²) < 4.78 is 0. The van der Waals surface area contributed by atoms with Crippen molar-refractivity contribution in [2.24, 2.45) is 0 Å². The summed E-state index contributed by atoms with van der Waals surface area (Å²) in [7, 11) is 0. The second-order valence-electron chi connectivity index (χ2n) is 4.67. The average Bonchev–Trinajstić information content (AvgIpc) is 2.42. The Balaban J connectivity index is 2.47. The van der Waals surface area contributed by atoms with Gasteiger partial charge in [-0.3, -0.25) is 0 Å². The number of aromatic nitrogens is 2. The summed E-state index contributed by atoms with van der Waals surface area (Å²) in [6, 6.07) is 5.01. The second kappa shape index (κ2) is 6.28. The summed E-state index contributed by atoms with van der Waals surface area (Å²) >= 11 is 12.1. The van der Waals surface area contributed by atoms with E-state index in [4.69, 9.17) is 23.2 Å². The van der Waals surface area contributed by atoms with Gasteiger partial charge >= 0.3 is 5.97 Å². The normalized spacial score (nSPS) is 10.7. The fourth-order valence-electron chi connectivity index (χ4n) is 1.68. The summed E-state index contributed by atoms with van der Waals surface area (Å²) in [5, 5.41) is 12.9. The number of para-hydroxylation sites is 1. The molecule has 0 saturated carbocycles. The predicted octanol–water partition coefficient (Wildman–Crippen LogP) is 4.35.